The van der Waals surface area contributed by atoms with E-state index in [1.54, 1.807) is 19.2 Å². The fourth-order valence-electron chi connectivity index (χ4n) is 4.49. The summed E-state index contributed by atoms with van der Waals surface area (Å²) in [5.41, 5.74) is 0.160. The van der Waals surface area contributed by atoms with Gasteiger partial charge in [0.1, 0.15) is 34.5 Å². The Morgan fingerprint density at radius 3 is 1.38 bits per heavy atom. The SMILES string of the molecule is CCCCCCOc1cc(OCCCCCC)c(P=C([O-])c2c(OC)cc(OC)cc2OC)c(OCCCCCC)c1. The van der Waals surface area contributed by atoms with Crippen LogP contribution in [-0.4, -0.2) is 46.6 Å². The average Bonchev–Trinajstić information content (AvgIpc) is 3.01. The van der Waals surface area contributed by atoms with Crippen molar-refractivity contribution >= 4 is 19.0 Å². The highest BCUT2D eigenvalue weighted by Gasteiger charge is 2.17. The standard InChI is InChI=1S/C34H53O7P/c1-7-10-13-16-19-39-27-24-30(40-20-17-14-11-8-2)33(31(25-27)41-21-18-15-12-9-3)42-34(35)32-28(37-5)22-26(36-4)23-29(32)38-6/h22-25,35H,7-21H2,1-6H3/p-1. The zero-order valence-electron chi connectivity index (χ0n) is 26.7. The zero-order chi connectivity index (χ0) is 30.6. The number of unbranched alkanes of at least 4 members (excludes halogenated alkanes) is 9. The third-order valence-electron chi connectivity index (χ3n) is 6.93. The first-order valence-corrected chi connectivity index (χ1v) is 16.5. The largest absolute Gasteiger partial charge is 0.823 e. The van der Waals surface area contributed by atoms with Crippen LogP contribution in [0.1, 0.15) is 103 Å². The molecular formula is C34H52O7P-. The summed E-state index contributed by atoms with van der Waals surface area (Å²) in [5.74, 6) is 3.25. The summed E-state index contributed by atoms with van der Waals surface area (Å²) in [6.45, 7) is 8.32. The number of ether oxygens (including phenoxy) is 6. The molecule has 0 aliphatic carbocycles. The third-order valence-corrected chi connectivity index (χ3v) is 8.02. The van der Waals surface area contributed by atoms with Gasteiger partial charge in [-0.3, -0.25) is 0 Å². The zero-order valence-corrected chi connectivity index (χ0v) is 27.6. The minimum absolute atomic E-state index is 0.189. The number of hydrogen-bond acceptors (Lipinski definition) is 7. The molecule has 0 spiro atoms. The molecule has 2 rings (SSSR count). The second-order valence-corrected chi connectivity index (χ2v) is 11.4. The van der Waals surface area contributed by atoms with Crippen LogP contribution in [0, 0.1) is 0 Å². The molecule has 0 aliphatic rings. The van der Waals surface area contributed by atoms with Crippen LogP contribution in [0.4, 0.5) is 0 Å². The number of rotatable bonds is 23. The molecule has 0 saturated carbocycles. The lowest BCUT2D eigenvalue weighted by atomic mass is 10.1. The Morgan fingerprint density at radius 1 is 0.548 bits per heavy atom. The second-order valence-electron chi connectivity index (χ2n) is 10.3. The Morgan fingerprint density at radius 2 is 0.976 bits per heavy atom. The van der Waals surface area contributed by atoms with E-state index in [4.69, 9.17) is 28.4 Å². The first kappa shape index (κ1) is 35.6. The van der Waals surface area contributed by atoms with E-state index in [0.29, 0.717) is 73.4 Å². The molecule has 0 bridgehead atoms. The number of hydrogen-bond donors (Lipinski definition) is 0. The predicted molar refractivity (Wildman–Crippen MR) is 172 cm³/mol. The maximum atomic E-state index is 13.9. The molecular weight excluding hydrogens is 551 g/mol. The van der Waals surface area contributed by atoms with Gasteiger partial charge in [-0.2, -0.15) is 0 Å². The molecule has 7 nitrogen and oxygen atoms in total. The molecule has 236 valence electrons. The summed E-state index contributed by atoms with van der Waals surface area (Å²) in [4.78, 5) is 0. The van der Waals surface area contributed by atoms with Gasteiger partial charge in [-0.05, 0) is 19.3 Å². The van der Waals surface area contributed by atoms with Crippen LogP contribution in [-0.2, 0) is 0 Å². The molecule has 0 aromatic heterocycles. The number of methoxy groups -OCH3 is 3. The van der Waals surface area contributed by atoms with E-state index in [1.165, 1.54) is 27.1 Å². The molecule has 2 aromatic rings. The highest BCUT2D eigenvalue weighted by Crippen LogP contribution is 2.37. The van der Waals surface area contributed by atoms with E-state index in [0.717, 1.165) is 64.2 Å². The molecule has 0 saturated heterocycles. The van der Waals surface area contributed by atoms with Crippen molar-refractivity contribution in [3.8, 4) is 34.5 Å². The minimum atomic E-state index is -0.189. The van der Waals surface area contributed by atoms with E-state index in [-0.39, 0.29) is 5.48 Å². The van der Waals surface area contributed by atoms with Crippen molar-refractivity contribution < 1.29 is 33.5 Å². The van der Waals surface area contributed by atoms with Crippen LogP contribution in [0.3, 0.4) is 0 Å². The molecule has 0 N–H and O–H groups in total. The summed E-state index contributed by atoms with van der Waals surface area (Å²) in [7, 11) is 5.02. The van der Waals surface area contributed by atoms with E-state index < -0.39 is 0 Å². The van der Waals surface area contributed by atoms with Gasteiger partial charge in [0.2, 0.25) is 0 Å². The second kappa shape index (κ2) is 21.1. The van der Waals surface area contributed by atoms with Gasteiger partial charge in [0.05, 0.1) is 52.0 Å². The van der Waals surface area contributed by atoms with Crippen LogP contribution in [0.25, 0.3) is 0 Å². The Balaban J connectivity index is 2.54. The van der Waals surface area contributed by atoms with Crippen LogP contribution < -0.4 is 38.8 Å². The normalized spacial score (nSPS) is 11.4. The van der Waals surface area contributed by atoms with Gasteiger partial charge < -0.3 is 33.5 Å². The van der Waals surface area contributed by atoms with Gasteiger partial charge in [-0.25, -0.2) is 0 Å². The number of benzene rings is 2. The molecule has 0 amide bonds. The summed E-state index contributed by atoms with van der Waals surface area (Å²) in [5, 5.41) is 14.6. The van der Waals surface area contributed by atoms with Crippen molar-refractivity contribution in [1.82, 2.24) is 0 Å². The van der Waals surface area contributed by atoms with Crippen molar-refractivity contribution in [2.24, 2.45) is 0 Å². The molecule has 0 radical (unpaired) electrons. The van der Waals surface area contributed by atoms with Crippen molar-refractivity contribution in [3.05, 3.63) is 29.8 Å². The lowest BCUT2D eigenvalue weighted by molar-refractivity contribution is -0.207. The third kappa shape index (κ3) is 11.9. The molecule has 8 heteroatoms. The fraction of sp³-hybridized carbons (Fsp3) is 0.618. The van der Waals surface area contributed by atoms with Crippen molar-refractivity contribution in [2.45, 2.75) is 97.8 Å². The smallest absolute Gasteiger partial charge is 0.138 e. The lowest BCUT2D eigenvalue weighted by Crippen LogP contribution is -2.21. The maximum Gasteiger partial charge on any atom is 0.138 e. The predicted octanol–water partition coefficient (Wildman–Crippen LogP) is 7.70. The van der Waals surface area contributed by atoms with Gasteiger partial charge >= 0.3 is 0 Å². The molecule has 0 atom stereocenters. The first-order chi connectivity index (χ1) is 20.5. The quantitative estimate of drug-likeness (QED) is 0.0951. The Bertz CT molecular complexity index is 1010. The Hall–Kier alpha value is -2.63. The fourth-order valence-corrected chi connectivity index (χ4v) is 5.50. The summed E-state index contributed by atoms with van der Waals surface area (Å²) in [6, 6.07) is 7.19. The molecule has 0 unspecified atom stereocenters. The van der Waals surface area contributed by atoms with E-state index in [9.17, 15) is 5.11 Å². The minimum Gasteiger partial charge on any atom is -0.823 e. The topological polar surface area (TPSA) is 78.4 Å². The Labute approximate surface area is 255 Å². The van der Waals surface area contributed by atoms with E-state index >= 15 is 0 Å². The first-order valence-electron chi connectivity index (χ1n) is 15.6. The van der Waals surface area contributed by atoms with Crippen LogP contribution >= 0.6 is 8.20 Å². The van der Waals surface area contributed by atoms with E-state index in [2.05, 4.69) is 20.8 Å². The van der Waals surface area contributed by atoms with Crippen molar-refractivity contribution in [2.75, 3.05) is 41.2 Å². The van der Waals surface area contributed by atoms with Crippen LogP contribution in [0.15, 0.2) is 24.3 Å². The molecule has 0 aliphatic heterocycles. The van der Waals surface area contributed by atoms with Crippen molar-refractivity contribution in [1.29, 1.82) is 0 Å². The molecule has 42 heavy (non-hydrogen) atoms. The van der Waals surface area contributed by atoms with Gasteiger partial charge in [0, 0.05) is 24.3 Å². The molecule has 0 fully saturated rings. The molecule has 2 aromatic carbocycles. The van der Waals surface area contributed by atoms with Gasteiger partial charge in [0.25, 0.3) is 0 Å². The summed E-state index contributed by atoms with van der Waals surface area (Å²) in [6.07, 6.45) is 13.2. The van der Waals surface area contributed by atoms with Gasteiger partial charge in [0.15, 0.2) is 0 Å². The monoisotopic (exact) mass is 603 g/mol. The van der Waals surface area contributed by atoms with Gasteiger partial charge in [-0.1, -0.05) is 92.2 Å². The highest BCUT2D eigenvalue weighted by atomic mass is 31.1. The van der Waals surface area contributed by atoms with Crippen LogP contribution in [0.2, 0.25) is 0 Å². The van der Waals surface area contributed by atoms with E-state index in [1.807, 2.05) is 12.1 Å². The summed E-state index contributed by atoms with van der Waals surface area (Å²) >= 11 is 0. The van der Waals surface area contributed by atoms with Gasteiger partial charge in [-0.15, -0.1) is 0 Å². The Kier molecular flexibility index (Phi) is 17.9. The van der Waals surface area contributed by atoms with Crippen LogP contribution in [0.5, 0.6) is 34.5 Å². The summed E-state index contributed by atoms with van der Waals surface area (Å²) < 4.78 is 35.4. The highest BCUT2D eigenvalue weighted by molar-refractivity contribution is 7.49. The molecule has 0 heterocycles. The average molecular weight is 604 g/mol. The lowest BCUT2D eigenvalue weighted by Gasteiger charge is -2.22. The van der Waals surface area contributed by atoms with Crippen molar-refractivity contribution in [3.63, 3.8) is 0 Å². The maximum absolute atomic E-state index is 13.9.